The third-order valence-electron chi connectivity index (χ3n) is 3.00. The van der Waals surface area contributed by atoms with Crippen molar-refractivity contribution in [1.29, 1.82) is 0 Å². The number of nitrogens with one attached hydrogen (secondary N) is 1. The number of aromatic nitrogens is 5. The van der Waals surface area contributed by atoms with Gasteiger partial charge in [0.15, 0.2) is 10.2 Å². The SMILES string of the molecule is C[C@@H](Sc1nncs1)C(=O)NCc1ccnc(-n2cccn2)c1. The number of amides is 1. The molecular formula is C14H14N6OS2. The molecule has 3 rings (SSSR count). The average Bonchev–Trinajstić information content (AvgIpc) is 3.26. The highest BCUT2D eigenvalue weighted by molar-refractivity contribution is 8.02. The first-order valence-corrected chi connectivity index (χ1v) is 8.64. The Morgan fingerprint density at radius 1 is 1.48 bits per heavy atom. The van der Waals surface area contributed by atoms with Crippen molar-refractivity contribution in [1.82, 2.24) is 30.3 Å². The molecule has 0 fully saturated rings. The number of nitrogens with zero attached hydrogens (tertiary/aromatic N) is 5. The molecule has 0 unspecified atom stereocenters. The molecule has 0 aromatic carbocycles. The number of carbonyl (C=O) groups is 1. The van der Waals surface area contributed by atoms with Gasteiger partial charge in [0, 0.05) is 25.1 Å². The number of hydrogen-bond acceptors (Lipinski definition) is 7. The van der Waals surface area contributed by atoms with Crippen LogP contribution in [0.5, 0.6) is 0 Å². The van der Waals surface area contributed by atoms with Crippen LogP contribution >= 0.6 is 23.1 Å². The Balaban J connectivity index is 1.57. The maximum atomic E-state index is 12.1. The molecule has 3 aromatic heterocycles. The summed E-state index contributed by atoms with van der Waals surface area (Å²) in [5.41, 5.74) is 2.62. The fraction of sp³-hybridized carbons (Fsp3) is 0.214. The minimum Gasteiger partial charge on any atom is -0.351 e. The fourth-order valence-corrected chi connectivity index (χ4v) is 3.50. The van der Waals surface area contributed by atoms with E-state index in [1.807, 2.05) is 31.3 Å². The lowest BCUT2D eigenvalue weighted by Gasteiger charge is -2.10. The molecule has 0 aliphatic carbocycles. The molecule has 0 saturated carbocycles. The molecule has 0 saturated heterocycles. The molecule has 7 nitrogen and oxygen atoms in total. The summed E-state index contributed by atoms with van der Waals surface area (Å²) < 4.78 is 2.47. The van der Waals surface area contributed by atoms with Crippen LogP contribution in [0.3, 0.4) is 0 Å². The summed E-state index contributed by atoms with van der Waals surface area (Å²) in [6, 6.07) is 5.61. The van der Waals surface area contributed by atoms with E-state index in [-0.39, 0.29) is 11.2 Å². The van der Waals surface area contributed by atoms with Crippen LogP contribution in [-0.4, -0.2) is 36.1 Å². The van der Waals surface area contributed by atoms with Gasteiger partial charge in [-0.3, -0.25) is 4.79 Å². The van der Waals surface area contributed by atoms with Crippen molar-refractivity contribution in [2.75, 3.05) is 0 Å². The highest BCUT2D eigenvalue weighted by Crippen LogP contribution is 2.24. The number of pyridine rings is 1. The van der Waals surface area contributed by atoms with Crippen LogP contribution in [0.4, 0.5) is 0 Å². The van der Waals surface area contributed by atoms with E-state index in [9.17, 15) is 4.79 Å². The van der Waals surface area contributed by atoms with Gasteiger partial charge in [0.2, 0.25) is 5.91 Å². The summed E-state index contributed by atoms with van der Waals surface area (Å²) in [5, 5.41) is 14.5. The summed E-state index contributed by atoms with van der Waals surface area (Å²) in [6.07, 6.45) is 5.23. The Morgan fingerprint density at radius 2 is 2.39 bits per heavy atom. The molecule has 0 aliphatic heterocycles. The molecule has 0 radical (unpaired) electrons. The summed E-state index contributed by atoms with van der Waals surface area (Å²) in [4.78, 5) is 16.4. The summed E-state index contributed by atoms with van der Waals surface area (Å²) in [6.45, 7) is 2.29. The van der Waals surface area contributed by atoms with Gasteiger partial charge in [-0.1, -0.05) is 23.1 Å². The molecule has 0 aliphatic rings. The predicted molar refractivity (Wildman–Crippen MR) is 88.4 cm³/mol. The van der Waals surface area contributed by atoms with E-state index in [1.165, 1.54) is 23.1 Å². The van der Waals surface area contributed by atoms with Gasteiger partial charge in [0.05, 0.1) is 5.25 Å². The maximum Gasteiger partial charge on any atom is 0.233 e. The van der Waals surface area contributed by atoms with Crippen molar-refractivity contribution in [2.24, 2.45) is 0 Å². The van der Waals surface area contributed by atoms with Crippen LogP contribution in [0.1, 0.15) is 12.5 Å². The van der Waals surface area contributed by atoms with Crippen molar-refractivity contribution in [3.8, 4) is 5.82 Å². The van der Waals surface area contributed by atoms with Gasteiger partial charge in [-0.25, -0.2) is 9.67 Å². The lowest BCUT2D eigenvalue weighted by Crippen LogP contribution is -2.30. The standard InChI is InChI=1S/C14H14N6OS2/c1-10(23-14-19-17-9-22-14)13(21)16-8-11-3-5-15-12(7-11)20-6-2-4-18-20/h2-7,9-10H,8H2,1H3,(H,16,21)/t10-/m1/s1. The summed E-state index contributed by atoms with van der Waals surface area (Å²) in [7, 11) is 0. The Bertz CT molecular complexity index is 759. The van der Waals surface area contributed by atoms with E-state index < -0.39 is 0 Å². The smallest absolute Gasteiger partial charge is 0.233 e. The zero-order valence-electron chi connectivity index (χ0n) is 12.3. The lowest BCUT2D eigenvalue weighted by atomic mass is 10.2. The molecule has 1 atom stereocenters. The first-order valence-electron chi connectivity index (χ1n) is 6.88. The van der Waals surface area contributed by atoms with E-state index in [0.717, 1.165) is 15.7 Å². The molecular weight excluding hydrogens is 332 g/mol. The first kappa shape index (κ1) is 15.6. The number of carbonyl (C=O) groups excluding carboxylic acids is 1. The average molecular weight is 346 g/mol. The molecule has 9 heteroatoms. The first-order chi connectivity index (χ1) is 11.2. The fourth-order valence-electron chi connectivity index (χ4n) is 1.85. The monoisotopic (exact) mass is 346 g/mol. The highest BCUT2D eigenvalue weighted by Gasteiger charge is 2.15. The normalized spacial score (nSPS) is 12.0. The van der Waals surface area contributed by atoms with Gasteiger partial charge in [-0.2, -0.15) is 5.10 Å². The molecule has 1 amide bonds. The topological polar surface area (TPSA) is 85.6 Å². The van der Waals surface area contributed by atoms with E-state index in [4.69, 9.17) is 0 Å². The Kier molecular flexibility index (Phi) is 4.99. The lowest BCUT2D eigenvalue weighted by molar-refractivity contribution is -0.120. The minimum atomic E-state index is -0.227. The molecule has 0 spiro atoms. The van der Waals surface area contributed by atoms with Gasteiger partial charge in [0.25, 0.3) is 0 Å². The molecule has 3 aromatic rings. The maximum absolute atomic E-state index is 12.1. The van der Waals surface area contributed by atoms with Crippen molar-refractivity contribution >= 4 is 29.0 Å². The summed E-state index contributed by atoms with van der Waals surface area (Å²) in [5.74, 6) is 0.681. The predicted octanol–water partition coefficient (Wildman–Crippen LogP) is 1.92. The third-order valence-corrected chi connectivity index (χ3v) is 4.91. The Hall–Kier alpha value is -2.26. The molecule has 23 heavy (non-hydrogen) atoms. The van der Waals surface area contributed by atoms with E-state index >= 15 is 0 Å². The van der Waals surface area contributed by atoms with Crippen LogP contribution in [0.25, 0.3) is 5.82 Å². The number of thioether (sulfide) groups is 1. The molecule has 3 heterocycles. The van der Waals surface area contributed by atoms with E-state index in [2.05, 4.69) is 25.6 Å². The van der Waals surface area contributed by atoms with Crippen molar-refractivity contribution in [3.63, 3.8) is 0 Å². The Labute approximate surface area is 141 Å². The van der Waals surface area contributed by atoms with Crippen LogP contribution in [0.15, 0.2) is 46.6 Å². The second kappa shape index (κ2) is 7.34. The van der Waals surface area contributed by atoms with Crippen LogP contribution < -0.4 is 5.32 Å². The zero-order valence-corrected chi connectivity index (χ0v) is 13.9. The van der Waals surface area contributed by atoms with Gasteiger partial charge >= 0.3 is 0 Å². The largest absolute Gasteiger partial charge is 0.351 e. The van der Waals surface area contributed by atoms with Crippen molar-refractivity contribution in [3.05, 3.63) is 47.9 Å². The van der Waals surface area contributed by atoms with Gasteiger partial charge in [0.1, 0.15) is 5.51 Å². The number of hydrogen-bond donors (Lipinski definition) is 1. The third kappa shape index (κ3) is 4.14. The van der Waals surface area contributed by atoms with E-state index in [1.54, 1.807) is 22.6 Å². The summed E-state index contributed by atoms with van der Waals surface area (Å²) >= 11 is 2.83. The second-order valence-electron chi connectivity index (χ2n) is 4.66. The van der Waals surface area contributed by atoms with Gasteiger partial charge in [-0.05, 0) is 30.7 Å². The molecule has 1 N–H and O–H groups in total. The quantitative estimate of drug-likeness (QED) is 0.686. The van der Waals surface area contributed by atoms with Gasteiger partial charge in [-0.15, -0.1) is 10.2 Å². The molecule has 0 bridgehead atoms. The van der Waals surface area contributed by atoms with E-state index in [0.29, 0.717) is 6.54 Å². The van der Waals surface area contributed by atoms with Crippen molar-refractivity contribution in [2.45, 2.75) is 23.1 Å². The number of rotatable bonds is 6. The van der Waals surface area contributed by atoms with Crippen LogP contribution in [0, 0.1) is 0 Å². The minimum absolute atomic E-state index is 0.0392. The van der Waals surface area contributed by atoms with Crippen molar-refractivity contribution < 1.29 is 4.79 Å². The zero-order chi connectivity index (χ0) is 16.1. The molecule has 118 valence electrons. The van der Waals surface area contributed by atoms with Crippen LogP contribution in [-0.2, 0) is 11.3 Å². The Morgan fingerprint density at radius 3 is 3.13 bits per heavy atom. The van der Waals surface area contributed by atoms with Gasteiger partial charge < -0.3 is 5.32 Å². The highest BCUT2D eigenvalue weighted by atomic mass is 32.2. The second-order valence-corrected chi connectivity index (χ2v) is 7.08. The van der Waals surface area contributed by atoms with Crippen LogP contribution in [0.2, 0.25) is 0 Å².